The van der Waals surface area contributed by atoms with Gasteiger partial charge < -0.3 is 15.4 Å². The quantitative estimate of drug-likeness (QED) is 0.543. The van der Waals surface area contributed by atoms with Crippen LogP contribution in [0, 0.1) is 5.41 Å². The molecule has 2 N–H and O–H groups in total. The number of ether oxygens (including phenoxy) is 1. The van der Waals surface area contributed by atoms with Crippen LogP contribution in [-0.2, 0) is 33.2 Å². The van der Waals surface area contributed by atoms with Crippen molar-refractivity contribution in [3.05, 3.63) is 0 Å². The Morgan fingerprint density at radius 2 is 1.90 bits per heavy atom. The Morgan fingerprint density at radius 1 is 1.21 bits per heavy atom. The first-order valence-corrected chi connectivity index (χ1v) is 11.2. The Balaban J connectivity index is 1.66. The van der Waals surface area contributed by atoms with Gasteiger partial charge in [0.25, 0.3) is 0 Å². The first-order chi connectivity index (χ1) is 13.7. The summed E-state index contributed by atoms with van der Waals surface area (Å²) < 4.78 is 39.9. The standard InChI is InChI=1S/C17H27N3O8S/c1-2-26-15(22)17(8-4-3-5-9-17)11-27-29(24,25)28-20-12-6-7-13(14(18)21)19(10-12)16(20)23/h12-13H,2-11H2,1H3,(H2,18,21). The maximum absolute atomic E-state index is 12.5. The first-order valence-electron chi connectivity index (χ1n) is 9.84. The van der Waals surface area contributed by atoms with Gasteiger partial charge in [-0.2, -0.15) is 13.5 Å². The Hall–Kier alpha value is -1.92. The summed E-state index contributed by atoms with van der Waals surface area (Å²) >= 11 is 0. The van der Waals surface area contributed by atoms with E-state index >= 15 is 0 Å². The van der Waals surface area contributed by atoms with Gasteiger partial charge in [0, 0.05) is 6.54 Å². The molecule has 2 unspecified atom stereocenters. The molecular formula is C17H27N3O8S. The number of piperidine rings is 1. The number of nitrogens with zero attached hydrogens (tertiary/aromatic N) is 2. The highest BCUT2D eigenvalue weighted by atomic mass is 32.3. The fraction of sp³-hybridized carbons (Fsp3) is 0.824. The van der Waals surface area contributed by atoms with Gasteiger partial charge in [-0.15, -0.1) is 4.28 Å². The average Bonchev–Trinajstić information content (AvgIpc) is 2.91. The zero-order valence-corrected chi connectivity index (χ0v) is 17.2. The fourth-order valence-corrected chi connectivity index (χ4v) is 5.05. The molecule has 0 aromatic carbocycles. The van der Waals surface area contributed by atoms with Crippen LogP contribution in [0.4, 0.5) is 4.79 Å². The summed E-state index contributed by atoms with van der Waals surface area (Å²) in [5, 5.41) is 0.718. The van der Waals surface area contributed by atoms with Crippen molar-refractivity contribution in [1.29, 1.82) is 0 Å². The average molecular weight is 433 g/mol. The first kappa shape index (κ1) is 21.8. The molecule has 29 heavy (non-hydrogen) atoms. The number of fused-ring (bicyclic) bond motifs is 2. The number of primary amides is 1. The van der Waals surface area contributed by atoms with E-state index in [1.54, 1.807) is 6.92 Å². The van der Waals surface area contributed by atoms with Gasteiger partial charge in [0.05, 0.1) is 24.7 Å². The van der Waals surface area contributed by atoms with Crippen LogP contribution in [0.3, 0.4) is 0 Å². The predicted octanol–water partition coefficient (Wildman–Crippen LogP) is 0.447. The van der Waals surface area contributed by atoms with Crippen molar-refractivity contribution in [2.75, 3.05) is 19.8 Å². The van der Waals surface area contributed by atoms with Crippen molar-refractivity contribution in [1.82, 2.24) is 9.96 Å². The molecule has 2 atom stereocenters. The van der Waals surface area contributed by atoms with Crippen LogP contribution in [0.1, 0.15) is 51.9 Å². The summed E-state index contributed by atoms with van der Waals surface area (Å²) in [6, 6.07) is -2.06. The van der Waals surface area contributed by atoms with E-state index in [1.807, 2.05) is 0 Å². The highest BCUT2D eigenvalue weighted by Gasteiger charge is 2.49. The summed E-state index contributed by atoms with van der Waals surface area (Å²) in [7, 11) is -4.61. The number of esters is 1. The minimum absolute atomic E-state index is 0.148. The number of urea groups is 1. The molecule has 3 rings (SSSR count). The van der Waals surface area contributed by atoms with E-state index in [0.29, 0.717) is 25.7 Å². The zero-order valence-electron chi connectivity index (χ0n) is 16.4. The van der Waals surface area contributed by atoms with Crippen molar-refractivity contribution >= 4 is 28.3 Å². The molecule has 2 heterocycles. The molecule has 3 amide bonds. The van der Waals surface area contributed by atoms with Crippen LogP contribution < -0.4 is 5.73 Å². The molecule has 0 aromatic rings. The topological polar surface area (TPSA) is 146 Å². The molecule has 2 aliphatic heterocycles. The Morgan fingerprint density at radius 3 is 2.52 bits per heavy atom. The van der Waals surface area contributed by atoms with Crippen LogP contribution in [0.25, 0.3) is 0 Å². The molecule has 11 nitrogen and oxygen atoms in total. The van der Waals surface area contributed by atoms with E-state index in [2.05, 4.69) is 0 Å². The number of hydroxylamine groups is 2. The Labute approximate surface area is 169 Å². The van der Waals surface area contributed by atoms with Gasteiger partial charge in [-0.25, -0.2) is 8.98 Å². The maximum atomic E-state index is 12.5. The van der Waals surface area contributed by atoms with Gasteiger partial charge >= 0.3 is 22.4 Å². The molecular weight excluding hydrogens is 406 g/mol. The van der Waals surface area contributed by atoms with Gasteiger partial charge in [0.15, 0.2) is 0 Å². The van der Waals surface area contributed by atoms with E-state index in [4.69, 9.17) is 18.9 Å². The zero-order chi connectivity index (χ0) is 21.2. The normalized spacial score (nSPS) is 26.4. The lowest BCUT2D eigenvalue weighted by molar-refractivity contribution is -0.160. The number of amides is 3. The van der Waals surface area contributed by atoms with Crippen LogP contribution in [0.15, 0.2) is 0 Å². The number of rotatable bonds is 8. The lowest BCUT2D eigenvalue weighted by Crippen LogP contribution is -2.47. The molecule has 2 bridgehead atoms. The number of nitrogens with two attached hydrogens (primary N) is 1. The lowest BCUT2D eigenvalue weighted by Gasteiger charge is -2.34. The van der Waals surface area contributed by atoms with Crippen molar-refractivity contribution in [3.63, 3.8) is 0 Å². The van der Waals surface area contributed by atoms with Crippen LogP contribution in [-0.4, -0.2) is 68.1 Å². The van der Waals surface area contributed by atoms with E-state index in [9.17, 15) is 22.8 Å². The minimum Gasteiger partial charge on any atom is -0.465 e. The van der Waals surface area contributed by atoms with Crippen molar-refractivity contribution in [3.8, 4) is 0 Å². The van der Waals surface area contributed by atoms with Crippen molar-refractivity contribution < 1.29 is 36.0 Å². The summed E-state index contributed by atoms with van der Waals surface area (Å²) in [6.45, 7) is 1.61. The summed E-state index contributed by atoms with van der Waals surface area (Å²) in [4.78, 5) is 37.6. The molecule has 1 aliphatic carbocycles. The Bertz CT molecular complexity index is 765. The van der Waals surface area contributed by atoms with Gasteiger partial charge in [-0.05, 0) is 32.6 Å². The highest BCUT2D eigenvalue weighted by Crippen LogP contribution is 2.38. The summed E-state index contributed by atoms with van der Waals surface area (Å²) in [5.41, 5.74) is 4.26. The molecule has 12 heteroatoms. The molecule has 3 fully saturated rings. The highest BCUT2D eigenvalue weighted by molar-refractivity contribution is 7.81. The summed E-state index contributed by atoms with van der Waals surface area (Å²) in [5.74, 6) is -1.13. The third kappa shape index (κ3) is 4.48. The van der Waals surface area contributed by atoms with Gasteiger partial charge in [0.2, 0.25) is 5.91 Å². The molecule has 2 saturated heterocycles. The molecule has 0 spiro atoms. The lowest BCUT2D eigenvalue weighted by atomic mass is 9.75. The molecule has 0 radical (unpaired) electrons. The summed E-state index contributed by atoms with van der Waals surface area (Å²) in [6.07, 6.45) is 4.10. The van der Waals surface area contributed by atoms with Crippen LogP contribution in [0.5, 0.6) is 0 Å². The van der Waals surface area contributed by atoms with E-state index in [1.165, 1.54) is 4.90 Å². The second kappa shape index (κ2) is 8.44. The largest absolute Gasteiger partial charge is 0.465 e. The molecule has 164 valence electrons. The van der Waals surface area contributed by atoms with Gasteiger partial charge in [-0.1, -0.05) is 19.3 Å². The monoisotopic (exact) mass is 433 g/mol. The maximum Gasteiger partial charge on any atom is 0.421 e. The van der Waals surface area contributed by atoms with Crippen LogP contribution in [0.2, 0.25) is 0 Å². The number of carbonyl (C=O) groups is 3. The third-order valence-corrected chi connectivity index (χ3v) is 6.57. The molecule has 3 aliphatic rings. The van der Waals surface area contributed by atoms with Gasteiger partial charge in [0.1, 0.15) is 6.04 Å². The van der Waals surface area contributed by atoms with E-state index in [-0.39, 0.29) is 13.2 Å². The number of carbonyl (C=O) groups excluding carboxylic acids is 3. The van der Waals surface area contributed by atoms with Gasteiger partial charge in [-0.3, -0.25) is 9.59 Å². The van der Waals surface area contributed by atoms with E-state index < -0.39 is 52.4 Å². The molecule has 1 saturated carbocycles. The number of hydrogen-bond acceptors (Lipinski definition) is 8. The van der Waals surface area contributed by atoms with Crippen molar-refractivity contribution in [2.45, 2.75) is 64.0 Å². The SMILES string of the molecule is CCOC(=O)C1(COS(=O)(=O)ON2C(=O)N3CC2CCC3C(N)=O)CCCCC1. The van der Waals surface area contributed by atoms with Crippen LogP contribution >= 0.6 is 0 Å². The van der Waals surface area contributed by atoms with Crippen molar-refractivity contribution in [2.24, 2.45) is 11.1 Å². The molecule has 0 aromatic heterocycles. The fourth-order valence-electron chi connectivity index (χ4n) is 4.25. The predicted molar refractivity (Wildman–Crippen MR) is 98.1 cm³/mol. The number of hydrogen-bond donors (Lipinski definition) is 1. The smallest absolute Gasteiger partial charge is 0.421 e. The second-order valence-electron chi connectivity index (χ2n) is 7.72. The Kier molecular flexibility index (Phi) is 6.34. The van der Waals surface area contributed by atoms with E-state index in [0.717, 1.165) is 24.3 Å². The minimum atomic E-state index is -4.61. The second-order valence-corrected chi connectivity index (χ2v) is 8.92. The third-order valence-electron chi connectivity index (χ3n) is 5.82.